The van der Waals surface area contributed by atoms with Gasteiger partial charge in [0.1, 0.15) is 18.1 Å². The van der Waals surface area contributed by atoms with E-state index in [4.69, 9.17) is 9.47 Å². The summed E-state index contributed by atoms with van der Waals surface area (Å²) in [5.74, 6) is 1.65. The Morgan fingerprint density at radius 2 is 1.79 bits per heavy atom. The lowest BCUT2D eigenvalue weighted by molar-refractivity contribution is 0.236. The number of carbonyl (C=O) groups is 1. The maximum Gasteiger partial charge on any atom is 0.315 e. The molecule has 0 radical (unpaired) electrons. The molecule has 2 rings (SSSR count). The molecule has 24 heavy (non-hydrogen) atoms. The fourth-order valence-corrected chi connectivity index (χ4v) is 2.18. The Morgan fingerprint density at radius 1 is 1.04 bits per heavy atom. The Hall–Kier alpha value is -2.69. The molecule has 0 bridgehead atoms. The highest BCUT2D eigenvalue weighted by molar-refractivity contribution is 5.73. The number of benzene rings is 2. The first-order chi connectivity index (χ1) is 11.6. The lowest BCUT2D eigenvalue weighted by atomic mass is 10.1. The molecule has 0 saturated carbocycles. The summed E-state index contributed by atoms with van der Waals surface area (Å²) in [7, 11) is 1.63. The van der Waals surface area contributed by atoms with E-state index in [2.05, 4.69) is 10.6 Å². The molecule has 2 aromatic rings. The van der Waals surface area contributed by atoms with Gasteiger partial charge in [-0.05, 0) is 48.7 Å². The topological polar surface area (TPSA) is 59.6 Å². The summed E-state index contributed by atoms with van der Waals surface area (Å²) in [6.45, 7) is 5.37. The van der Waals surface area contributed by atoms with E-state index in [1.54, 1.807) is 7.11 Å². The Kier molecular flexibility index (Phi) is 6.49. The van der Waals surface area contributed by atoms with Gasteiger partial charge in [0.25, 0.3) is 0 Å². The second kappa shape index (κ2) is 8.82. The van der Waals surface area contributed by atoms with Crippen LogP contribution in [-0.2, 0) is 6.54 Å². The summed E-state index contributed by atoms with van der Waals surface area (Å²) >= 11 is 0. The number of carbonyl (C=O) groups excluding carboxylic acids is 1. The van der Waals surface area contributed by atoms with Crippen molar-refractivity contribution in [1.82, 2.24) is 10.6 Å². The molecule has 128 valence electrons. The van der Waals surface area contributed by atoms with Gasteiger partial charge < -0.3 is 20.1 Å². The van der Waals surface area contributed by atoms with Crippen LogP contribution in [0.25, 0.3) is 0 Å². The van der Waals surface area contributed by atoms with Crippen LogP contribution in [0, 0.1) is 13.8 Å². The minimum absolute atomic E-state index is 0.213. The summed E-state index contributed by atoms with van der Waals surface area (Å²) < 4.78 is 10.8. The lowest BCUT2D eigenvalue weighted by Crippen LogP contribution is -2.37. The number of urea groups is 1. The van der Waals surface area contributed by atoms with Crippen molar-refractivity contribution in [2.24, 2.45) is 0 Å². The number of ether oxygens (including phenoxy) is 2. The van der Waals surface area contributed by atoms with Crippen molar-refractivity contribution in [2.75, 3.05) is 20.3 Å². The maximum atomic E-state index is 11.8. The molecule has 2 aromatic carbocycles. The van der Waals surface area contributed by atoms with Crippen molar-refractivity contribution in [3.05, 3.63) is 59.2 Å². The van der Waals surface area contributed by atoms with E-state index >= 15 is 0 Å². The first-order valence-corrected chi connectivity index (χ1v) is 7.93. The fourth-order valence-electron chi connectivity index (χ4n) is 2.18. The van der Waals surface area contributed by atoms with Crippen LogP contribution in [0.15, 0.2) is 42.5 Å². The van der Waals surface area contributed by atoms with Crippen molar-refractivity contribution in [3.63, 3.8) is 0 Å². The monoisotopic (exact) mass is 328 g/mol. The minimum atomic E-state index is -0.213. The predicted octanol–water partition coefficient (Wildman–Crippen LogP) is 3.19. The normalized spacial score (nSPS) is 10.1. The zero-order valence-electron chi connectivity index (χ0n) is 14.4. The van der Waals surface area contributed by atoms with Crippen LogP contribution in [-0.4, -0.2) is 26.3 Å². The smallest absolute Gasteiger partial charge is 0.315 e. The molecule has 0 unspecified atom stereocenters. The summed E-state index contributed by atoms with van der Waals surface area (Å²) in [6, 6.07) is 13.4. The van der Waals surface area contributed by atoms with E-state index in [-0.39, 0.29) is 6.03 Å². The minimum Gasteiger partial charge on any atom is -0.497 e. The highest BCUT2D eigenvalue weighted by Gasteiger charge is 2.02. The molecule has 0 fully saturated rings. The van der Waals surface area contributed by atoms with E-state index in [0.29, 0.717) is 19.7 Å². The van der Waals surface area contributed by atoms with Gasteiger partial charge in [-0.2, -0.15) is 0 Å². The molecule has 5 nitrogen and oxygen atoms in total. The molecule has 0 heterocycles. The Labute approximate surface area is 143 Å². The third kappa shape index (κ3) is 5.50. The highest BCUT2D eigenvalue weighted by atomic mass is 16.5. The Morgan fingerprint density at radius 3 is 2.50 bits per heavy atom. The molecular weight excluding hydrogens is 304 g/mol. The fraction of sp³-hybridized carbons (Fsp3) is 0.316. The van der Waals surface area contributed by atoms with Crippen LogP contribution in [0.5, 0.6) is 11.5 Å². The second-order valence-electron chi connectivity index (χ2n) is 5.57. The van der Waals surface area contributed by atoms with Crippen molar-refractivity contribution in [3.8, 4) is 11.5 Å². The molecule has 0 aliphatic rings. The van der Waals surface area contributed by atoms with Gasteiger partial charge in [0.15, 0.2) is 0 Å². The first kappa shape index (κ1) is 17.7. The molecular formula is C19H24N2O3. The summed E-state index contributed by atoms with van der Waals surface area (Å²) in [5.41, 5.74) is 3.25. The van der Waals surface area contributed by atoms with Gasteiger partial charge in [-0.25, -0.2) is 4.79 Å². The molecule has 2 N–H and O–H groups in total. The average molecular weight is 328 g/mol. The van der Waals surface area contributed by atoms with Crippen molar-refractivity contribution in [1.29, 1.82) is 0 Å². The standard InChI is InChI=1S/C19H24N2O3/c1-14-4-5-15(2)18(12-14)24-11-10-20-19(22)21-13-16-6-8-17(23-3)9-7-16/h4-9,12H,10-11,13H2,1-3H3,(H2,20,21,22). The average Bonchev–Trinajstić information content (AvgIpc) is 2.60. The number of rotatable bonds is 7. The third-order valence-corrected chi connectivity index (χ3v) is 3.60. The number of hydrogen-bond donors (Lipinski definition) is 2. The van der Waals surface area contributed by atoms with Crippen LogP contribution in [0.2, 0.25) is 0 Å². The van der Waals surface area contributed by atoms with Crippen LogP contribution < -0.4 is 20.1 Å². The largest absolute Gasteiger partial charge is 0.497 e. The van der Waals surface area contributed by atoms with Crippen molar-refractivity contribution < 1.29 is 14.3 Å². The quantitative estimate of drug-likeness (QED) is 0.768. The van der Waals surface area contributed by atoms with Crippen LogP contribution in [0.1, 0.15) is 16.7 Å². The number of aryl methyl sites for hydroxylation is 2. The van der Waals surface area contributed by atoms with Crippen LogP contribution in [0.4, 0.5) is 4.79 Å². The highest BCUT2D eigenvalue weighted by Crippen LogP contribution is 2.18. The lowest BCUT2D eigenvalue weighted by Gasteiger charge is -2.11. The zero-order valence-corrected chi connectivity index (χ0v) is 14.4. The Bertz CT molecular complexity index is 669. The molecule has 5 heteroatoms. The molecule has 0 aliphatic heterocycles. The van der Waals surface area contributed by atoms with E-state index in [1.165, 1.54) is 0 Å². The Balaban J connectivity index is 1.66. The number of amides is 2. The first-order valence-electron chi connectivity index (χ1n) is 7.93. The van der Waals surface area contributed by atoms with Gasteiger partial charge in [-0.15, -0.1) is 0 Å². The van der Waals surface area contributed by atoms with Crippen LogP contribution in [0.3, 0.4) is 0 Å². The number of nitrogens with one attached hydrogen (secondary N) is 2. The van der Waals surface area contributed by atoms with Gasteiger partial charge >= 0.3 is 6.03 Å². The van der Waals surface area contributed by atoms with Gasteiger partial charge in [0.2, 0.25) is 0 Å². The SMILES string of the molecule is COc1ccc(CNC(=O)NCCOc2cc(C)ccc2C)cc1. The zero-order chi connectivity index (χ0) is 17.4. The van der Waals surface area contributed by atoms with E-state index in [9.17, 15) is 4.79 Å². The summed E-state index contributed by atoms with van der Waals surface area (Å²) in [5, 5.41) is 5.59. The molecule has 0 spiro atoms. The molecule has 0 aromatic heterocycles. The number of methoxy groups -OCH3 is 1. The van der Waals surface area contributed by atoms with Crippen molar-refractivity contribution >= 4 is 6.03 Å². The summed E-state index contributed by atoms with van der Waals surface area (Å²) in [6.07, 6.45) is 0. The van der Waals surface area contributed by atoms with Crippen LogP contribution >= 0.6 is 0 Å². The summed E-state index contributed by atoms with van der Waals surface area (Å²) in [4.78, 5) is 11.8. The van der Waals surface area contributed by atoms with E-state index < -0.39 is 0 Å². The van der Waals surface area contributed by atoms with Crippen molar-refractivity contribution in [2.45, 2.75) is 20.4 Å². The number of hydrogen-bond acceptors (Lipinski definition) is 3. The van der Waals surface area contributed by atoms with Gasteiger partial charge in [0, 0.05) is 6.54 Å². The third-order valence-electron chi connectivity index (χ3n) is 3.60. The second-order valence-corrected chi connectivity index (χ2v) is 5.57. The van der Waals surface area contributed by atoms with E-state index in [0.717, 1.165) is 28.2 Å². The predicted molar refractivity (Wildman–Crippen MR) is 94.6 cm³/mol. The van der Waals surface area contributed by atoms with Gasteiger partial charge in [0.05, 0.1) is 13.7 Å². The van der Waals surface area contributed by atoms with Gasteiger partial charge in [-0.3, -0.25) is 0 Å². The maximum absolute atomic E-state index is 11.8. The molecule has 0 atom stereocenters. The molecule has 0 saturated heterocycles. The van der Waals surface area contributed by atoms with E-state index in [1.807, 2.05) is 56.3 Å². The molecule has 0 aliphatic carbocycles. The molecule has 2 amide bonds. The van der Waals surface area contributed by atoms with Gasteiger partial charge in [-0.1, -0.05) is 24.3 Å².